The van der Waals surface area contributed by atoms with Crippen LogP contribution in [0.5, 0.6) is 5.75 Å². The van der Waals surface area contributed by atoms with Crippen LogP contribution in [0.4, 0.5) is 4.39 Å². The monoisotopic (exact) mass is 394 g/mol. The predicted molar refractivity (Wildman–Crippen MR) is 111 cm³/mol. The zero-order valence-electron chi connectivity index (χ0n) is 15.5. The Morgan fingerprint density at radius 3 is 2.61 bits per heavy atom. The fourth-order valence-corrected chi connectivity index (χ4v) is 3.36. The highest BCUT2D eigenvalue weighted by Gasteiger charge is 2.12. The number of halogens is 2. The largest absolute Gasteiger partial charge is 0.494 e. The molecule has 1 heterocycles. The first-order chi connectivity index (χ1) is 13.6. The molecule has 0 radical (unpaired) electrons. The summed E-state index contributed by atoms with van der Waals surface area (Å²) in [5.41, 5.74) is 3.88. The van der Waals surface area contributed by atoms with Gasteiger partial charge in [-0.05, 0) is 73.5 Å². The molecule has 5 heteroatoms. The SMILES string of the molecule is Cc1cc(OCCCn2c(-c3ccc(F)cc3)nc3ccccc32)ccc1Cl. The summed E-state index contributed by atoms with van der Waals surface area (Å²) in [6.45, 7) is 3.29. The number of hydrogen-bond donors (Lipinski definition) is 0. The van der Waals surface area contributed by atoms with Crippen molar-refractivity contribution in [3.8, 4) is 17.1 Å². The first-order valence-electron chi connectivity index (χ1n) is 9.22. The molecule has 3 aromatic carbocycles. The van der Waals surface area contributed by atoms with Crippen LogP contribution in [0.1, 0.15) is 12.0 Å². The number of imidazole rings is 1. The molecular weight excluding hydrogens is 375 g/mol. The number of fused-ring (bicyclic) bond motifs is 1. The van der Waals surface area contributed by atoms with Gasteiger partial charge in [0.1, 0.15) is 17.4 Å². The van der Waals surface area contributed by atoms with Crippen LogP contribution in [-0.4, -0.2) is 16.2 Å². The summed E-state index contributed by atoms with van der Waals surface area (Å²) >= 11 is 6.06. The zero-order chi connectivity index (χ0) is 19.5. The minimum atomic E-state index is -0.252. The van der Waals surface area contributed by atoms with E-state index in [0.29, 0.717) is 6.61 Å². The van der Waals surface area contributed by atoms with Crippen molar-refractivity contribution in [1.29, 1.82) is 0 Å². The normalized spacial score (nSPS) is 11.1. The van der Waals surface area contributed by atoms with Crippen molar-refractivity contribution >= 4 is 22.6 Å². The number of hydrogen-bond acceptors (Lipinski definition) is 2. The van der Waals surface area contributed by atoms with Crippen molar-refractivity contribution in [3.05, 3.63) is 83.1 Å². The molecule has 0 unspecified atom stereocenters. The van der Waals surface area contributed by atoms with E-state index in [-0.39, 0.29) is 5.82 Å². The van der Waals surface area contributed by atoms with Gasteiger partial charge in [-0.3, -0.25) is 0 Å². The summed E-state index contributed by atoms with van der Waals surface area (Å²) in [6.07, 6.45) is 0.816. The van der Waals surface area contributed by atoms with E-state index >= 15 is 0 Å². The van der Waals surface area contributed by atoms with Gasteiger partial charge in [0.2, 0.25) is 0 Å². The van der Waals surface area contributed by atoms with Crippen molar-refractivity contribution in [2.24, 2.45) is 0 Å². The average molecular weight is 395 g/mol. The topological polar surface area (TPSA) is 27.1 Å². The number of para-hydroxylation sites is 2. The van der Waals surface area contributed by atoms with Crippen LogP contribution < -0.4 is 4.74 Å². The maximum atomic E-state index is 13.3. The number of aryl methyl sites for hydroxylation is 2. The highest BCUT2D eigenvalue weighted by Crippen LogP contribution is 2.26. The molecule has 0 bridgehead atoms. The van der Waals surface area contributed by atoms with Gasteiger partial charge in [0.05, 0.1) is 17.6 Å². The van der Waals surface area contributed by atoms with Crippen molar-refractivity contribution in [2.45, 2.75) is 19.9 Å². The molecule has 4 aromatic rings. The molecule has 0 atom stereocenters. The Morgan fingerprint density at radius 1 is 1.04 bits per heavy atom. The summed E-state index contributed by atoms with van der Waals surface area (Å²) in [4.78, 5) is 4.76. The molecule has 0 N–H and O–H groups in total. The second kappa shape index (κ2) is 8.03. The second-order valence-electron chi connectivity index (χ2n) is 6.70. The van der Waals surface area contributed by atoms with Gasteiger partial charge in [0.25, 0.3) is 0 Å². The lowest BCUT2D eigenvalue weighted by molar-refractivity contribution is 0.302. The molecule has 3 nitrogen and oxygen atoms in total. The lowest BCUT2D eigenvalue weighted by Gasteiger charge is -2.11. The van der Waals surface area contributed by atoms with E-state index in [9.17, 15) is 4.39 Å². The van der Waals surface area contributed by atoms with E-state index in [2.05, 4.69) is 10.6 Å². The number of ether oxygens (including phenoxy) is 1. The maximum Gasteiger partial charge on any atom is 0.141 e. The van der Waals surface area contributed by atoms with Crippen LogP contribution in [0.2, 0.25) is 5.02 Å². The average Bonchev–Trinajstić information content (AvgIpc) is 3.07. The van der Waals surface area contributed by atoms with Crippen LogP contribution >= 0.6 is 11.6 Å². The van der Waals surface area contributed by atoms with Gasteiger partial charge in [-0.2, -0.15) is 0 Å². The Balaban J connectivity index is 1.53. The number of rotatable bonds is 6. The first kappa shape index (κ1) is 18.5. The molecule has 0 spiro atoms. The third-order valence-electron chi connectivity index (χ3n) is 4.68. The molecule has 0 aliphatic carbocycles. The summed E-state index contributed by atoms with van der Waals surface area (Å²) in [7, 11) is 0. The fraction of sp³-hybridized carbons (Fsp3) is 0.174. The first-order valence-corrected chi connectivity index (χ1v) is 9.60. The number of benzene rings is 3. The van der Waals surface area contributed by atoms with Crippen molar-refractivity contribution in [1.82, 2.24) is 9.55 Å². The Kier molecular flexibility index (Phi) is 5.31. The maximum absolute atomic E-state index is 13.3. The molecule has 0 saturated heterocycles. The minimum Gasteiger partial charge on any atom is -0.494 e. The molecule has 4 rings (SSSR count). The Bertz CT molecular complexity index is 1110. The number of nitrogens with zero attached hydrogens (tertiary/aromatic N) is 2. The molecule has 0 aliphatic heterocycles. The zero-order valence-corrected chi connectivity index (χ0v) is 16.3. The molecule has 142 valence electrons. The second-order valence-corrected chi connectivity index (χ2v) is 7.10. The van der Waals surface area contributed by atoms with E-state index in [1.54, 1.807) is 12.1 Å². The van der Waals surface area contributed by atoms with E-state index < -0.39 is 0 Å². The lowest BCUT2D eigenvalue weighted by atomic mass is 10.2. The fourth-order valence-electron chi connectivity index (χ4n) is 3.24. The number of aromatic nitrogens is 2. The molecule has 0 saturated carbocycles. The molecular formula is C23H20ClFN2O. The third-order valence-corrected chi connectivity index (χ3v) is 5.11. The highest BCUT2D eigenvalue weighted by molar-refractivity contribution is 6.31. The van der Waals surface area contributed by atoms with E-state index in [1.807, 2.05) is 43.3 Å². The quantitative estimate of drug-likeness (QED) is 0.360. The van der Waals surface area contributed by atoms with Gasteiger partial charge in [0, 0.05) is 17.1 Å². The molecule has 1 aromatic heterocycles. The van der Waals surface area contributed by atoms with Crippen molar-refractivity contribution < 1.29 is 9.13 Å². The molecule has 0 fully saturated rings. The van der Waals surface area contributed by atoms with Crippen LogP contribution in [0.3, 0.4) is 0 Å². The molecule has 0 amide bonds. The van der Waals surface area contributed by atoms with E-state index in [1.165, 1.54) is 12.1 Å². The summed E-state index contributed by atoms with van der Waals surface area (Å²) in [5.74, 6) is 1.40. The lowest BCUT2D eigenvalue weighted by Crippen LogP contribution is -2.06. The Morgan fingerprint density at radius 2 is 1.82 bits per heavy atom. The van der Waals surface area contributed by atoms with E-state index in [0.717, 1.165) is 51.7 Å². The van der Waals surface area contributed by atoms with Gasteiger partial charge < -0.3 is 9.30 Å². The Hall–Kier alpha value is -2.85. The van der Waals surface area contributed by atoms with Crippen LogP contribution in [-0.2, 0) is 6.54 Å². The van der Waals surface area contributed by atoms with Gasteiger partial charge in [0.15, 0.2) is 0 Å². The summed E-state index contributed by atoms with van der Waals surface area (Å²) in [6, 6.07) is 20.1. The molecule has 28 heavy (non-hydrogen) atoms. The van der Waals surface area contributed by atoms with Gasteiger partial charge >= 0.3 is 0 Å². The van der Waals surface area contributed by atoms with Crippen molar-refractivity contribution in [3.63, 3.8) is 0 Å². The van der Waals surface area contributed by atoms with Gasteiger partial charge in [-0.1, -0.05) is 23.7 Å². The smallest absolute Gasteiger partial charge is 0.141 e. The van der Waals surface area contributed by atoms with Gasteiger partial charge in [-0.25, -0.2) is 9.37 Å². The minimum absolute atomic E-state index is 0.252. The van der Waals surface area contributed by atoms with Gasteiger partial charge in [-0.15, -0.1) is 0 Å². The van der Waals surface area contributed by atoms with E-state index in [4.69, 9.17) is 21.3 Å². The van der Waals surface area contributed by atoms with Crippen LogP contribution in [0.15, 0.2) is 66.7 Å². The van der Waals surface area contributed by atoms with Crippen LogP contribution in [0, 0.1) is 12.7 Å². The molecule has 0 aliphatic rings. The summed E-state index contributed by atoms with van der Waals surface area (Å²) in [5, 5.41) is 0.737. The highest BCUT2D eigenvalue weighted by atomic mass is 35.5. The van der Waals surface area contributed by atoms with Crippen molar-refractivity contribution in [2.75, 3.05) is 6.61 Å². The standard InChI is InChI=1S/C23H20ClFN2O/c1-16-15-19(11-12-20(16)24)28-14-4-13-27-22-6-3-2-5-21(22)26-23(27)17-7-9-18(25)10-8-17/h2-3,5-12,15H,4,13-14H2,1H3. The predicted octanol–water partition coefficient (Wildman–Crippen LogP) is 6.27. The summed E-state index contributed by atoms with van der Waals surface area (Å²) < 4.78 is 21.4. The Labute approximate surface area is 168 Å². The third kappa shape index (κ3) is 3.87. The van der Waals surface area contributed by atoms with Crippen LogP contribution in [0.25, 0.3) is 22.4 Å².